The molecular formula is C11H17N3O2. The van der Waals surface area contributed by atoms with Crippen molar-refractivity contribution in [1.82, 2.24) is 14.5 Å². The predicted molar refractivity (Wildman–Crippen MR) is 59.1 cm³/mol. The number of aryl methyl sites for hydroxylation is 2. The number of likely N-dealkylation sites (tertiary alicyclic amines) is 1. The van der Waals surface area contributed by atoms with Gasteiger partial charge in [-0.1, -0.05) is 0 Å². The number of carbonyl (C=O) groups is 1. The molecule has 1 fully saturated rings. The van der Waals surface area contributed by atoms with E-state index >= 15 is 0 Å². The monoisotopic (exact) mass is 223 g/mol. The van der Waals surface area contributed by atoms with Crippen molar-refractivity contribution < 1.29 is 9.90 Å². The number of rotatable bonds is 3. The number of aromatic nitrogens is 2. The van der Waals surface area contributed by atoms with Crippen molar-refractivity contribution >= 4 is 5.97 Å². The third-order valence-electron chi connectivity index (χ3n) is 3.15. The van der Waals surface area contributed by atoms with Crippen LogP contribution < -0.4 is 0 Å². The van der Waals surface area contributed by atoms with Crippen molar-refractivity contribution in [2.24, 2.45) is 7.05 Å². The van der Waals surface area contributed by atoms with Gasteiger partial charge < -0.3 is 9.67 Å². The number of aliphatic carboxylic acids is 1. The summed E-state index contributed by atoms with van der Waals surface area (Å²) < 4.78 is 1.86. The third-order valence-corrected chi connectivity index (χ3v) is 3.15. The van der Waals surface area contributed by atoms with Crippen LogP contribution in [0, 0.1) is 6.92 Å². The molecule has 0 amide bonds. The fourth-order valence-electron chi connectivity index (χ4n) is 2.19. The quantitative estimate of drug-likeness (QED) is 0.829. The van der Waals surface area contributed by atoms with Crippen LogP contribution in [-0.2, 0) is 11.8 Å². The average molecular weight is 223 g/mol. The Bertz CT molecular complexity index is 374. The van der Waals surface area contributed by atoms with E-state index in [0.29, 0.717) is 5.69 Å². The molecule has 16 heavy (non-hydrogen) atoms. The zero-order valence-corrected chi connectivity index (χ0v) is 9.68. The zero-order valence-electron chi connectivity index (χ0n) is 9.68. The maximum Gasteiger partial charge on any atom is 0.327 e. The fraction of sp³-hybridized carbons (Fsp3) is 0.636. The van der Waals surface area contributed by atoms with Gasteiger partial charge in [0.1, 0.15) is 5.82 Å². The molecule has 1 aliphatic rings. The summed E-state index contributed by atoms with van der Waals surface area (Å²) in [6, 6.07) is -0.581. The van der Waals surface area contributed by atoms with E-state index in [1.54, 1.807) is 0 Å². The van der Waals surface area contributed by atoms with Gasteiger partial charge >= 0.3 is 5.97 Å². The van der Waals surface area contributed by atoms with Crippen LogP contribution in [-0.4, -0.2) is 38.6 Å². The molecule has 1 aliphatic heterocycles. The van der Waals surface area contributed by atoms with E-state index in [1.807, 2.05) is 29.6 Å². The van der Waals surface area contributed by atoms with Crippen molar-refractivity contribution in [2.75, 3.05) is 13.1 Å². The van der Waals surface area contributed by atoms with Gasteiger partial charge in [0.05, 0.1) is 5.69 Å². The van der Waals surface area contributed by atoms with Crippen molar-refractivity contribution in [3.63, 3.8) is 0 Å². The SMILES string of the molecule is Cc1nc(C(C(=O)O)N2CCCC2)cn1C. The van der Waals surface area contributed by atoms with Gasteiger partial charge in [-0.3, -0.25) is 9.69 Å². The van der Waals surface area contributed by atoms with E-state index in [2.05, 4.69) is 4.98 Å². The lowest BCUT2D eigenvalue weighted by atomic mass is 10.2. The summed E-state index contributed by atoms with van der Waals surface area (Å²) in [5.41, 5.74) is 0.648. The molecule has 0 spiro atoms. The molecule has 2 heterocycles. The van der Waals surface area contributed by atoms with E-state index in [0.717, 1.165) is 31.8 Å². The third kappa shape index (κ3) is 1.95. The van der Waals surface area contributed by atoms with Gasteiger partial charge in [-0.05, 0) is 32.9 Å². The summed E-state index contributed by atoms with van der Waals surface area (Å²) in [4.78, 5) is 17.6. The number of carboxylic acids is 1. The molecule has 0 aliphatic carbocycles. The normalized spacial score (nSPS) is 18.9. The molecule has 1 atom stereocenters. The first-order valence-electron chi connectivity index (χ1n) is 5.56. The molecule has 1 saturated heterocycles. The number of carboxylic acid groups (broad SMARTS) is 1. The minimum atomic E-state index is -0.806. The Morgan fingerprint density at radius 1 is 1.50 bits per heavy atom. The second-order valence-corrected chi connectivity index (χ2v) is 4.31. The van der Waals surface area contributed by atoms with Gasteiger partial charge in [0.25, 0.3) is 0 Å². The highest BCUT2D eigenvalue weighted by Gasteiger charge is 2.31. The van der Waals surface area contributed by atoms with Crippen LogP contribution in [0.4, 0.5) is 0 Å². The van der Waals surface area contributed by atoms with E-state index in [4.69, 9.17) is 0 Å². The van der Waals surface area contributed by atoms with Crippen LogP contribution in [0.15, 0.2) is 6.20 Å². The summed E-state index contributed by atoms with van der Waals surface area (Å²) in [6.45, 7) is 3.59. The van der Waals surface area contributed by atoms with Crippen molar-refractivity contribution in [2.45, 2.75) is 25.8 Å². The standard InChI is InChI=1S/C11H17N3O2/c1-8-12-9(7-13(8)2)10(11(15)16)14-5-3-4-6-14/h7,10H,3-6H2,1-2H3,(H,15,16). The summed E-state index contributed by atoms with van der Waals surface area (Å²) >= 11 is 0. The Hall–Kier alpha value is -1.36. The Labute approximate surface area is 94.7 Å². The lowest BCUT2D eigenvalue weighted by Gasteiger charge is -2.21. The fourth-order valence-corrected chi connectivity index (χ4v) is 2.19. The molecule has 0 saturated carbocycles. The highest BCUT2D eigenvalue weighted by atomic mass is 16.4. The molecule has 5 heteroatoms. The number of hydrogen-bond acceptors (Lipinski definition) is 3. The smallest absolute Gasteiger partial charge is 0.327 e. The van der Waals surface area contributed by atoms with E-state index in [1.165, 1.54) is 0 Å². The van der Waals surface area contributed by atoms with Gasteiger partial charge in [-0.2, -0.15) is 0 Å². The summed E-state index contributed by atoms with van der Waals surface area (Å²) in [5.74, 6) is 0.0421. The summed E-state index contributed by atoms with van der Waals surface area (Å²) in [7, 11) is 1.88. The Morgan fingerprint density at radius 3 is 2.56 bits per heavy atom. The number of hydrogen-bond donors (Lipinski definition) is 1. The van der Waals surface area contributed by atoms with E-state index < -0.39 is 12.0 Å². The average Bonchev–Trinajstić information content (AvgIpc) is 2.79. The zero-order chi connectivity index (χ0) is 11.7. The Kier molecular flexibility index (Phi) is 2.96. The van der Waals surface area contributed by atoms with Crippen LogP contribution in [0.1, 0.15) is 30.4 Å². The van der Waals surface area contributed by atoms with Gasteiger partial charge in [0.15, 0.2) is 6.04 Å². The van der Waals surface area contributed by atoms with Crippen LogP contribution in [0.5, 0.6) is 0 Å². The van der Waals surface area contributed by atoms with Crippen LogP contribution in [0.25, 0.3) is 0 Å². The molecule has 0 bridgehead atoms. The van der Waals surface area contributed by atoms with E-state index in [9.17, 15) is 9.90 Å². The molecule has 0 radical (unpaired) electrons. The van der Waals surface area contributed by atoms with Crippen molar-refractivity contribution in [3.05, 3.63) is 17.7 Å². The molecule has 0 aromatic carbocycles. The molecule has 2 rings (SSSR count). The molecule has 1 N–H and O–H groups in total. The molecule has 1 aromatic rings. The second-order valence-electron chi connectivity index (χ2n) is 4.31. The predicted octanol–water partition coefficient (Wildman–Crippen LogP) is 0.950. The molecule has 1 aromatic heterocycles. The van der Waals surface area contributed by atoms with Gasteiger partial charge in [0, 0.05) is 13.2 Å². The second kappa shape index (κ2) is 4.25. The largest absolute Gasteiger partial charge is 0.480 e. The number of nitrogens with zero attached hydrogens (tertiary/aromatic N) is 3. The molecule has 5 nitrogen and oxygen atoms in total. The summed E-state index contributed by atoms with van der Waals surface area (Å²) in [6.07, 6.45) is 3.97. The Balaban J connectivity index is 2.28. The van der Waals surface area contributed by atoms with Crippen molar-refractivity contribution in [1.29, 1.82) is 0 Å². The highest BCUT2D eigenvalue weighted by Crippen LogP contribution is 2.24. The lowest BCUT2D eigenvalue weighted by molar-refractivity contribution is -0.143. The van der Waals surface area contributed by atoms with Gasteiger partial charge in [-0.25, -0.2) is 4.98 Å². The Morgan fingerprint density at radius 2 is 2.12 bits per heavy atom. The van der Waals surface area contributed by atoms with Crippen LogP contribution in [0.2, 0.25) is 0 Å². The molecule has 1 unspecified atom stereocenters. The molecular weight excluding hydrogens is 206 g/mol. The van der Waals surface area contributed by atoms with Crippen molar-refractivity contribution in [3.8, 4) is 0 Å². The van der Waals surface area contributed by atoms with Crippen LogP contribution >= 0.6 is 0 Å². The first-order chi connectivity index (χ1) is 7.59. The number of imidazole rings is 1. The van der Waals surface area contributed by atoms with Gasteiger partial charge in [-0.15, -0.1) is 0 Å². The lowest BCUT2D eigenvalue weighted by Crippen LogP contribution is -2.32. The minimum Gasteiger partial charge on any atom is -0.480 e. The molecule has 88 valence electrons. The minimum absolute atomic E-state index is 0.581. The maximum atomic E-state index is 11.3. The first-order valence-corrected chi connectivity index (χ1v) is 5.56. The summed E-state index contributed by atoms with van der Waals surface area (Å²) in [5, 5.41) is 9.30. The topological polar surface area (TPSA) is 58.4 Å². The van der Waals surface area contributed by atoms with Crippen LogP contribution in [0.3, 0.4) is 0 Å². The van der Waals surface area contributed by atoms with Gasteiger partial charge in [0.2, 0.25) is 0 Å². The maximum absolute atomic E-state index is 11.3. The first kappa shape index (κ1) is 11.1. The van der Waals surface area contributed by atoms with E-state index in [-0.39, 0.29) is 0 Å². The highest BCUT2D eigenvalue weighted by molar-refractivity contribution is 5.74.